The maximum Gasteiger partial charge on any atom is 0.223 e. The van der Waals surface area contributed by atoms with E-state index in [1.54, 1.807) is 12.1 Å². The summed E-state index contributed by atoms with van der Waals surface area (Å²) in [7, 11) is 0. The number of rotatable bonds is 3. The number of benzene rings is 1. The fourth-order valence-electron chi connectivity index (χ4n) is 1.61. The highest BCUT2D eigenvalue weighted by Crippen LogP contribution is 2.31. The normalized spacial score (nSPS) is 16.9. The van der Waals surface area contributed by atoms with E-state index >= 15 is 0 Å². The van der Waals surface area contributed by atoms with Gasteiger partial charge in [0.2, 0.25) is 5.91 Å². The molecule has 0 spiro atoms. The van der Waals surface area contributed by atoms with Gasteiger partial charge in [0.25, 0.3) is 0 Å². The number of nitrogens with one attached hydrogen (secondary N) is 1. The lowest BCUT2D eigenvalue weighted by atomic mass is 10.1. The van der Waals surface area contributed by atoms with Gasteiger partial charge >= 0.3 is 0 Å². The molecular weight excluding hydrogens is 245 g/mol. The fraction of sp³-hybridized carbons (Fsp3) is 0.417. The largest absolute Gasteiger partial charge is 0.349 e. The monoisotopic (exact) mass is 257 g/mol. The molecule has 1 aromatic carbocycles. The molecule has 16 heavy (non-hydrogen) atoms. The maximum atomic E-state index is 11.6. The van der Waals surface area contributed by atoms with E-state index in [2.05, 4.69) is 5.32 Å². The minimum Gasteiger partial charge on any atom is -0.349 e. The van der Waals surface area contributed by atoms with Crippen molar-refractivity contribution < 1.29 is 4.79 Å². The van der Waals surface area contributed by atoms with Crippen LogP contribution in [-0.4, -0.2) is 5.91 Å². The van der Waals surface area contributed by atoms with Gasteiger partial charge in [-0.05, 0) is 37.5 Å². The first-order chi connectivity index (χ1) is 7.58. The molecule has 1 fully saturated rings. The van der Waals surface area contributed by atoms with Crippen molar-refractivity contribution in [2.24, 2.45) is 5.92 Å². The van der Waals surface area contributed by atoms with Crippen LogP contribution in [0.2, 0.25) is 10.0 Å². The summed E-state index contributed by atoms with van der Waals surface area (Å²) >= 11 is 11.9. The first-order valence-corrected chi connectivity index (χ1v) is 6.09. The van der Waals surface area contributed by atoms with Gasteiger partial charge in [-0.3, -0.25) is 4.79 Å². The van der Waals surface area contributed by atoms with Gasteiger partial charge in [0, 0.05) is 16.0 Å². The molecule has 2 rings (SSSR count). The highest BCUT2D eigenvalue weighted by molar-refractivity contribution is 6.35. The Morgan fingerprint density at radius 2 is 2.12 bits per heavy atom. The van der Waals surface area contributed by atoms with Crippen LogP contribution >= 0.6 is 23.2 Å². The topological polar surface area (TPSA) is 29.1 Å². The van der Waals surface area contributed by atoms with Gasteiger partial charge in [-0.15, -0.1) is 0 Å². The standard InChI is InChI=1S/C12H13Cl2NO/c1-7(15-12(16)8-2-3-8)10-5-4-9(13)6-11(10)14/h4-8H,2-3H2,1H3,(H,15,16)/t7-/m0/s1. The first kappa shape index (κ1) is 11.7. The van der Waals surface area contributed by atoms with Crippen LogP contribution in [0, 0.1) is 5.92 Å². The zero-order valence-corrected chi connectivity index (χ0v) is 10.5. The van der Waals surface area contributed by atoms with Crippen molar-refractivity contribution in [1.82, 2.24) is 5.32 Å². The summed E-state index contributed by atoms with van der Waals surface area (Å²) in [4.78, 5) is 11.6. The van der Waals surface area contributed by atoms with E-state index in [9.17, 15) is 4.79 Å². The molecule has 1 saturated carbocycles. The second-order valence-corrected chi connectivity index (χ2v) is 5.01. The number of amides is 1. The Balaban J connectivity index is 2.07. The molecule has 1 aliphatic rings. The predicted molar refractivity (Wildman–Crippen MR) is 65.7 cm³/mol. The van der Waals surface area contributed by atoms with Gasteiger partial charge in [-0.2, -0.15) is 0 Å². The van der Waals surface area contributed by atoms with Crippen molar-refractivity contribution >= 4 is 29.1 Å². The summed E-state index contributed by atoms with van der Waals surface area (Å²) in [5.41, 5.74) is 0.903. The van der Waals surface area contributed by atoms with Gasteiger partial charge in [0.15, 0.2) is 0 Å². The molecule has 1 aliphatic carbocycles. The predicted octanol–water partition coefficient (Wildman–Crippen LogP) is 3.58. The Kier molecular flexibility index (Phi) is 3.41. The van der Waals surface area contributed by atoms with Crippen molar-refractivity contribution in [1.29, 1.82) is 0 Å². The molecule has 0 aliphatic heterocycles. The van der Waals surface area contributed by atoms with Crippen LogP contribution in [-0.2, 0) is 4.79 Å². The van der Waals surface area contributed by atoms with E-state index in [4.69, 9.17) is 23.2 Å². The second kappa shape index (κ2) is 4.64. The van der Waals surface area contributed by atoms with Gasteiger partial charge in [0.05, 0.1) is 6.04 Å². The van der Waals surface area contributed by atoms with E-state index in [-0.39, 0.29) is 17.9 Å². The second-order valence-electron chi connectivity index (χ2n) is 4.17. The highest BCUT2D eigenvalue weighted by atomic mass is 35.5. The third-order valence-electron chi connectivity index (χ3n) is 2.74. The minimum atomic E-state index is -0.0714. The number of halogens is 2. The number of carbonyl (C=O) groups excluding carboxylic acids is 1. The Morgan fingerprint density at radius 1 is 1.44 bits per heavy atom. The Labute approximate surface area is 105 Å². The molecule has 0 saturated heterocycles. The van der Waals surface area contributed by atoms with E-state index in [1.165, 1.54) is 0 Å². The fourth-order valence-corrected chi connectivity index (χ4v) is 2.18. The molecule has 1 amide bonds. The molecule has 0 unspecified atom stereocenters. The quantitative estimate of drug-likeness (QED) is 0.882. The Hall–Kier alpha value is -0.730. The lowest BCUT2D eigenvalue weighted by Crippen LogP contribution is -2.28. The van der Waals surface area contributed by atoms with Gasteiger partial charge in [-0.25, -0.2) is 0 Å². The number of hydrogen-bond donors (Lipinski definition) is 1. The molecule has 86 valence electrons. The molecule has 0 bridgehead atoms. The number of carbonyl (C=O) groups is 1. The van der Waals surface area contributed by atoms with Crippen LogP contribution in [0.25, 0.3) is 0 Å². The first-order valence-electron chi connectivity index (χ1n) is 5.33. The number of hydrogen-bond acceptors (Lipinski definition) is 1. The van der Waals surface area contributed by atoms with Crippen LogP contribution in [0.3, 0.4) is 0 Å². The minimum absolute atomic E-state index is 0.0714. The lowest BCUT2D eigenvalue weighted by Gasteiger charge is -2.15. The molecule has 2 nitrogen and oxygen atoms in total. The molecule has 1 aromatic rings. The molecular formula is C12H13Cl2NO. The average Bonchev–Trinajstić information content (AvgIpc) is 2.99. The van der Waals surface area contributed by atoms with Crippen LogP contribution in [0.15, 0.2) is 18.2 Å². The molecule has 1 N–H and O–H groups in total. The maximum absolute atomic E-state index is 11.6. The van der Waals surface area contributed by atoms with E-state index < -0.39 is 0 Å². The third-order valence-corrected chi connectivity index (χ3v) is 3.30. The third kappa shape index (κ3) is 2.69. The van der Waals surface area contributed by atoms with Gasteiger partial charge in [-0.1, -0.05) is 29.3 Å². The van der Waals surface area contributed by atoms with Crippen molar-refractivity contribution in [2.75, 3.05) is 0 Å². The molecule has 0 heterocycles. The lowest BCUT2D eigenvalue weighted by molar-refractivity contribution is -0.122. The molecule has 1 atom stereocenters. The zero-order valence-electron chi connectivity index (χ0n) is 8.97. The van der Waals surface area contributed by atoms with Crippen molar-refractivity contribution in [2.45, 2.75) is 25.8 Å². The van der Waals surface area contributed by atoms with Crippen LogP contribution in [0.4, 0.5) is 0 Å². The van der Waals surface area contributed by atoms with Crippen LogP contribution < -0.4 is 5.32 Å². The van der Waals surface area contributed by atoms with E-state index in [1.807, 2.05) is 13.0 Å². The summed E-state index contributed by atoms with van der Waals surface area (Å²) in [6, 6.07) is 5.25. The summed E-state index contributed by atoms with van der Waals surface area (Å²) < 4.78 is 0. The van der Waals surface area contributed by atoms with Crippen LogP contribution in [0.1, 0.15) is 31.4 Å². The summed E-state index contributed by atoms with van der Waals surface area (Å²) in [5, 5.41) is 4.15. The average molecular weight is 258 g/mol. The smallest absolute Gasteiger partial charge is 0.223 e. The highest BCUT2D eigenvalue weighted by Gasteiger charge is 2.30. The van der Waals surface area contributed by atoms with Crippen molar-refractivity contribution in [3.8, 4) is 0 Å². The Morgan fingerprint density at radius 3 is 2.69 bits per heavy atom. The Bertz CT molecular complexity index is 415. The molecule has 0 aromatic heterocycles. The van der Waals surface area contributed by atoms with Crippen molar-refractivity contribution in [3.63, 3.8) is 0 Å². The SMILES string of the molecule is C[C@H](NC(=O)C1CC1)c1ccc(Cl)cc1Cl. The molecule has 0 radical (unpaired) electrons. The zero-order chi connectivity index (χ0) is 11.7. The van der Waals surface area contributed by atoms with E-state index in [0.717, 1.165) is 18.4 Å². The van der Waals surface area contributed by atoms with E-state index in [0.29, 0.717) is 10.0 Å². The molecule has 4 heteroatoms. The summed E-state index contributed by atoms with van der Waals surface area (Å²) in [6.45, 7) is 1.93. The summed E-state index contributed by atoms with van der Waals surface area (Å²) in [5.74, 6) is 0.340. The van der Waals surface area contributed by atoms with Gasteiger partial charge in [0.1, 0.15) is 0 Å². The van der Waals surface area contributed by atoms with Crippen molar-refractivity contribution in [3.05, 3.63) is 33.8 Å². The van der Waals surface area contributed by atoms with Gasteiger partial charge < -0.3 is 5.32 Å². The summed E-state index contributed by atoms with van der Waals surface area (Å²) in [6.07, 6.45) is 2.01. The van der Waals surface area contributed by atoms with Crippen LogP contribution in [0.5, 0.6) is 0 Å².